The molecule has 4 rings (SSSR count). The van der Waals surface area contributed by atoms with Crippen LogP contribution in [0.5, 0.6) is 0 Å². The lowest BCUT2D eigenvalue weighted by molar-refractivity contribution is -0.166. The molecule has 0 N–H and O–H groups in total. The summed E-state index contributed by atoms with van der Waals surface area (Å²) in [4.78, 5) is 29.8. The molecule has 0 aliphatic heterocycles. The number of nitrogens with zero attached hydrogens (tertiary/aromatic N) is 2. The normalized spacial score (nSPS) is 43.2. The second-order valence-corrected chi connectivity index (χ2v) is 17.9. The number of carbonyl (C=O) groups excluding carboxylic acids is 2. The van der Waals surface area contributed by atoms with Crippen LogP contribution in [0, 0.1) is 28.1 Å². The van der Waals surface area contributed by atoms with Crippen molar-refractivity contribution < 1.29 is 18.8 Å². The standard InChI is InChI=1S/C26H40N2O3Si/c1-17-9-10-19-23(5)13-14-25(31-32(7,8)22(2,3)4)16-24(25,6)18(23)11-12-26(19,21(17)30)20(29)15-28-27/h9,15,18-19H,10-14,16H2,1-8H3/t18-,19-,23+,24-,25-,26-/m1/s1. The van der Waals surface area contributed by atoms with Gasteiger partial charge in [-0.2, -0.15) is 4.79 Å². The molecule has 176 valence electrons. The van der Waals surface area contributed by atoms with Crippen LogP contribution in [0.1, 0.15) is 80.1 Å². The first-order valence-corrected chi connectivity index (χ1v) is 15.2. The van der Waals surface area contributed by atoms with Crippen molar-refractivity contribution in [3.8, 4) is 0 Å². The minimum Gasteiger partial charge on any atom is -0.411 e. The van der Waals surface area contributed by atoms with Gasteiger partial charge >= 0.3 is 6.21 Å². The molecule has 0 heterocycles. The molecule has 0 unspecified atom stereocenters. The lowest BCUT2D eigenvalue weighted by Crippen LogP contribution is -2.62. The van der Waals surface area contributed by atoms with Gasteiger partial charge in [-0.1, -0.05) is 40.7 Å². The summed E-state index contributed by atoms with van der Waals surface area (Å²) < 4.78 is 7.13. The Morgan fingerprint density at radius 3 is 2.47 bits per heavy atom. The highest BCUT2D eigenvalue weighted by atomic mass is 28.4. The quantitative estimate of drug-likeness (QED) is 0.177. The van der Waals surface area contributed by atoms with Gasteiger partial charge in [0.2, 0.25) is 5.78 Å². The smallest absolute Gasteiger partial charge is 0.324 e. The monoisotopic (exact) mass is 456 g/mol. The Morgan fingerprint density at radius 1 is 1.22 bits per heavy atom. The van der Waals surface area contributed by atoms with Crippen molar-refractivity contribution in [1.29, 1.82) is 0 Å². The first-order chi connectivity index (χ1) is 14.6. The summed E-state index contributed by atoms with van der Waals surface area (Å²) in [7, 11) is -1.91. The molecule has 4 aliphatic carbocycles. The number of hydrogen-bond donors (Lipinski definition) is 0. The second-order valence-electron chi connectivity index (χ2n) is 13.1. The fourth-order valence-electron chi connectivity index (χ4n) is 7.81. The van der Waals surface area contributed by atoms with Crippen molar-refractivity contribution in [3.63, 3.8) is 0 Å². The number of hydrogen-bond acceptors (Lipinski definition) is 3. The average molecular weight is 457 g/mol. The SMILES string of the molecule is CC1=CC[C@H]2[C@@](C(=O)C=[N+]=[N-])(CC[C@@H]3[C@]2(C)CC[C@@]2(O[Si](C)(C)C(C)(C)C)C[C@]32C)C1=O. The van der Waals surface area contributed by atoms with Gasteiger partial charge in [-0.25, -0.2) is 0 Å². The predicted octanol–water partition coefficient (Wildman–Crippen LogP) is 5.76. The maximum atomic E-state index is 13.5. The van der Waals surface area contributed by atoms with Gasteiger partial charge in [0.15, 0.2) is 14.1 Å². The Hall–Kier alpha value is -1.36. The highest BCUT2D eigenvalue weighted by molar-refractivity contribution is 6.74. The zero-order chi connectivity index (χ0) is 24.0. The van der Waals surface area contributed by atoms with E-state index in [4.69, 9.17) is 9.96 Å². The minimum atomic E-state index is -1.91. The van der Waals surface area contributed by atoms with Crippen LogP contribution in [0.3, 0.4) is 0 Å². The molecule has 4 aliphatic rings. The number of carbonyl (C=O) groups is 2. The van der Waals surface area contributed by atoms with Crippen molar-refractivity contribution in [2.75, 3.05) is 0 Å². The molecule has 0 bridgehead atoms. The first-order valence-electron chi connectivity index (χ1n) is 12.2. The summed E-state index contributed by atoms with van der Waals surface area (Å²) in [5, 5.41) is 0.169. The van der Waals surface area contributed by atoms with Gasteiger partial charge in [0.05, 0.1) is 5.60 Å². The minimum absolute atomic E-state index is 0.0544. The Kier molecular flexibility index (Phi) is 5.08. The topological polar surface area (TPSA) is 79.8 Å². The van der Waals surface area contributed by atoms with Crippen LogP contribution in [0.25, 0.3) is 5.53 Å². The Bertz CT molecular complexity index is 959. The molecule has 0 aromatic rings. The van der Waals surface area contributed by atoms with E-state index in [1.807, 2.05) is 13.0 Å². The van der Waals surface area contributed by atoms with Crippen LogP contribution >= 0.6 is 0 Å². The largest absolute Gasteiger partial charge is 0.411 e. The first kappa shape index (κ1) is 23.8. The fourth-order valence-corrected chi connectivity index (χ4v) is 9.50. The van der Waals surface area contributed by atoms with Gasteiger partial charge < -0.3 is 9.96 Å². The van der Waals surface area contributed by atoms with E-state index >= 15 is 0 Å². The summed E-state index contributed by atoms with van der Waals surface area (Å²) in [5.41, 5.74) is 8.62. The molecule has 0 saturated heterocycles. The molecule has 32 heavy (non-hydrogen) atoms. The van der Waals surface area contributed by atoms with Gasteiger partial charge in [0, 0.05) is 5.41 Å². The summed E-state index contributed by atoms with van der Waals surface area (Å²) >= 11 is 0. The Labute approximate surface area is 194 Å². The lowest BCUT2D eigenvalue weighted by Gasteiger charge is -2.61. The molecule has 6 heteroatoms. The molecule has 0 spiro atoms. The highest BCUT2D eigenvalue weighted by Crippen LogP contribution is 2.78. The van der Waals surface area contributed by atoms with Crippen LogP contribution in [-0.4, -0.2) is 36.5 Å². The van der Waals surface area contributed by atoms with Crippen LogP contribution in [0.2, 0.25) is 18.1 Å². The summed E-state index contributed by atoms with van der Waals surface area (Å²) in [6, 6.07) is 0. The molecule has 5 nitrogen and oxygen atoms in total. The third-order valence-corrected chi connectivity index (χ3v) is 15.2. The Balaban J connectivity index is 1.73. The predicted molar refractivity (Wildman–Crippen MR) is 128 cm³/mol. The molecular formula is C26H40N2O3Si. The summed E-state index contributed by atoms with van der Waals surface area (Å²) in [5.74, 6) is -0.0186. The maximum Gasteiger partial charge on any atom is 0.324 e. The van der Waals surface area contributed by atoms with Gasteiger partial charge in [-0.15, -0.1) is 0 Å². The summed E-state index contributed by atoms with van der Waals surface area (Å²) in [6.07, 6.45) is 8.18. The number of rotatable bonds is 4. The number of Topliss-reactive ketones (excluding diaryl/α,β-unsaturated/α-hetero) is 2. The third-order valence-electron chi connectivity index (χ3n) is 10.7. The Morgan fingerprint density at radius 2 is 1.88 bits per heavy atom. The number of fused-ring (bicyclic) bond motifs is 5. The molecule has 0 aromatic carbocycles. The van der Waals surface area contributed by atoms with Gasteiger partial charge in [-0.05, 0) is 86.4 Å². The van der Waals surface area contributed by atoms with Crippen molar-refractivity contribution in [2.24, 2.45) is 28.1 Å². The lowest BCUT2D eigenvalue weighted by atomic mass is 9.42. The molecule has 0 amide bonds. The van der Waals surface area contributed by atoms with Gasteiger partial charge in [-0.3, -0.25) is 9.59 Å². The van der Waals surface area contributed by atoms with Crippen LogP contribution in [0.15, 0.2) is 11.6 Å². The van der Waals surface area contributed by atoms with E-state index in [2.05, 4.69) is 52.5 Å². The van der Waals surface area contributed by atoms with Crippen molar-refractivity contribution >= 4 is 26.1 Å². The molecule has 3 saturated carbocycles. The van der Waals surface area contributed by atoms with Crippen molar-refractivity contribution in [2.45, 2.75) is 104 Å². The van der Waals surface area contributed by atoms with E-state index in [1.54, 1.807) is 0 Å². The third kappa shape index (κ3) is 2.85. The van der Waals surface area contributed by atoms with E-state index in [0.717, 1.165) is 38.3 Å². The molecular weight excluding hydrogens is 416 g/mol. The van der Waals surface area contributed by atoms with E-state index < -0.39 is 13.7 Å². The van der Waals surface area contributed by atoms with Crippen molar-refractivity contribution in [1.82, 2.24) is 0 Å². The maximum absolute atomic E-state index is 13.5. The number of ketones is 2. The van der Waals surface area contributed by atoms with Crippen LogP contribution < -0.4 is 0 Å². The second kappa shape index (κ2) is 6.83. The average Bonchev–Trinajstić information content (AvgIpc) is 3.27. The molecule has 6 atom stereocenters. The van der Waals surface area contributed by atoms with E-state index in [0.29, 0.717) is 17.9 Å². The zero-order valence-electron chi connectivity index (χ0n) is 21.2. The molecule has 0 radical (unpaired) electrons. The van der Waals surface area contributed by atoms with Gasteiger partial charge in [0.25, 0.3) is 0 Å². The van der Waals surface area contributed by atoms with Crippen LogP contribution in [-0.2, 0) is 14.0 Å². The van der Waals surface area contributed by atoms with Crippen LogP contribution in [0.4, 0.5) is 0 Å². The number of allylic oxidation sites excluding steroid dienone is 2. The van der Waals surface area contributed by atoms with E-state index in [9.17, 15) is 9.59 Å². The van der Waals surface area contributed by atoms with Crippen molar-refractivity contribution in [3.05, 3.63) is 17.2 Å². The zero-order valence-corrected chi connectivity index (χ0v) is 22.2. The molecule has 3 fully saturated rings. The van der Waals surface area contributed by atoms with E-state index in [1.165, 1.54) is 0 Å². The highest BCUT2D eigenvalue weighted by Gasteiger charge is 2.78. The fraction of sp³-hybridized carbons (Fsp3) is 0.808. The summed E-state index contributed by atoms with van der Waals surface area (Å²) in [6.45, 7) is 18.1. The van der Waals surface area contributed by atoms with E-state index in [-0.39, 0.29) is 39.0 Å². The van der Waals surface area contributed by atoms with Gasteiger partial charge in [0.1, 0.15) is 5.41 Å². The molecule has 0 aromatic heterocycles.